The molecule has 0 atom stereocenters. The van der Waals surface area contributed by atoms with E-state index in [1.807, 2.05) is 0 Å². The lowest BCUT2D eigenvalue weighted by atomic mass is 9.81. The predicted molar refractivity (Wildman–Crippen MR) is 123 cm³/mol. The molecule has 0 saturated carbocycles. The largest absolute Gasteiger partial charge is 0.0619 e. The summed E-state index contributed by atoms with van der Waals surface area (Å²) in [5.41, 5.74) is 10.6. The molecule has 28 heavy (non-hydrogen) atoms. The van der Waals surface area contributed by atoms with Gasteiger partial charge in [0.05, 0.1) is 0 Å². The first-order valence-corrected chi connectivity index (χ1v) is 10.4. The maximum atomic E-state index is 3.58. The van der Waals surface area contributed by atoms with E-state index >= 15 is 0 Å². The van der Waals surface area contributed by atoms with Crippen LogP contribution in [0, 0.1) is 0 Å². The monoisotopic (exact) mass is 424 g/mol. The lowest BCUT2D eigenvalue weighted by molar-refractivity contribution is 0.660. The molecule has 0 aliphatic heterocycles. The first-order chi connectivity index (χ1) is 13.5. The van der Waals surface area contributed by atoms with E-state index < -0.39 is 0 Å². The molecular weight excluding hydrogens is 404 g/mol. The summed E-state index contributed by atoms with van der Waals surface area (Å²) >= 11 is 3.58. The van der Waals surface area contributed by atoms with Crippen molar-refractivity contribution in [3.8, 4) is 33.4 Å². The molecule has 5 rings (SSSR count). The first-order valence-electron chi connectivity index (χ1n) is 9.65. The lowest BCUT2D eigenvalue weighted by Crippen LogP contribution is -2.14. The Labute approximate surface area is 175 Å². The minimum Gasteiger partial charge on any atom is -0.0619 e. The zero-order valence-electron chi connectivity index (χ0n) is 16.0. The highest BCUT2D eigenvalue weighted by Gasteiger charge is 2.35. The van der Waals surface area contributed by atoms with E-state index in [0.29, 0.717) is 0 Å². The van der Waals surface area contributed by atoms with Gasteiger partial charge in [-0.25, -0.2) is 0 Å². The van der Waals surface area contributed by atoms with Crippen molar-refractivity contribution in [2.24, 2.45) is 0 Å². The number of fused-ring (bicyclic) bond motifs is 3. The Morgan fingerprint density at radius 1 is 0.536 bits per heavy atom. The van der Waals surface area contributed by atoms with Gasteiger partial charge < -0.3 is 0 Å². The Hall–Kier alpha value is -2.64. The van der Waals surface area contributed by atoms with E-state index in [1.54, 1.807) is 0 Å². The van der Waals surface area contributed by atoms with E-state index in [0.717, 1.165) is 4.47 Å². The summed E-state index contributed by atoms with van der Waals surface area (Å²) in [6.07, 6.45) is 0. The van der Waals surface area contributed by atoms with Gasteiger partial charge in [0.25, 0.3) is 0 Å². The zero-order chi connectivity index (χ0) is 19.3. The molecule has 0 unspecified atom stereocenters. The summed E-state index contributed by atoms with van der Waals surface area (Å²) in [4.78, 5) is 0. The summed E-state index contributed by atoms with van der Waals surface area (Å²) in [6, 6.07) is 33.0. The molecule has 4 aromatic rings. The lowest BCUT2D eigenvalue weighted by Gasteiger charge is -2.22. The molecule has 4 aromatic carbocycles. The molecule has 0 radical (unpaired) electrons. The third kappa shape index (κ3) is 2.73. The van der Waals surface area contributed by atoms with Gasteiger partial charge >= 0.3 is 0 Å². The third-order valence-electron chi connectivity index (χ3n) is 5.94. The van der Waals surface area contributed by atoms with Crippen molar-refractivity contribution in [3.63, 3.8) is 0 Å². The van der Waals surface area contributed by atoms with Gasteiger partial charge in [0.2, 0.25) is 0 Å². The average Bonchev–Trinajstić information content (AvgIpc) is 2.95. The maximum absolute atomic E-state index is 3.58. The van der Waals surface area contributed by atoms with Crippen LogP contribution in [0.1, 0.15) is 25.0 Å². The van der Waals surface area contributed by atoms with Crippen molar-refractivity contribution in [3.05, 3.63) is 107 Å². The van der Waals surface area contributed by atoms with Crippen molar-refractivity contribution < 1.29 is 0 Å². The Balaban J connectivity index is 1.62. The predicted octanol–water partition coefficient (Wildman–Crippen LogP) is 8.09. The number of hydrogen-bond acceptors (Lipinski definition) is 0. The highest BCUT2D eigenvalue weighted by Crippen LogP contribution is 2.49. The van der Waals surface area contributed by atoms with Gasteiger partial charge in [-0.2, -0.15) is 0 Å². The fourth-order valence-corrected chi connectivity index (χ4v) is 4.83. The molecule has 0 nitrogen and oxygen atoms in total. The normalized spacial score (nSPS) is 13.8. The second-order valence-electron chi connectivity index (χ2n) is 8.02. The van der Waals surface area contributed by atoms with Crippen LogP contribution in [0.15, 0.2) is 95.5 Å². The molecule has 0 amide bonds. The number of halogens is 1. The van der Waals surface area contributed by atoms with Crippen LogP contribution in [0.2, 0.25) is 0 Å². The Morgan fingerprint density at radius 3 is 1.89 bits per heavy atom. The van der Waals surface area contributed by atoms with Crippen molar-refractivity contribution in [2.45, 2.75) is 19.3 Å². The van der Waals surface area contributed by atoms with Gasteiger partial charge in [-0.05, 0) is 68.8 Å². The highest BCUT2D eigenvalue weighted by atomic mass is 79.9. The molecular formula is C27H21Br. The maximum Gasteiger partial charge on any atom is 0.0181 e. The Morgan fingerprint density at radius 2 is 1.14 bits per heavy atom. The van der Waals surface area contributed by atoms with Gasteiger partial charge in [0, 0.05) is 9.89 Å². The summed E-state index contributed by atoms with van der Waals surface area (Å²) in [5.74, 6) is 0. The van der Waals surface area contributed by atoms with Gasteiger partial charge in [-0.3, -0.25) is 0 Å². The summed E-state index contributed by atoms with van der Waals surface area (Å²) in [7, 11) is 0. The van der Waals surface area contributed by atoms with Crippen molar-refractivity contribution in [2.75, 3.05) is 0 Å². The SMILES string of the molecule is CC1(C)c2ccccc2-c2ccc(-c3cccc(-c4cccc(Br)c4)c3)cc21. The van der Waals surface area contributed by atoms with Crippen molar-refractivity contribution in [1.82, 2.24) is 0 Å². The Kier molecular flexibility index (Phi) is 4.03. The zero-order valence-corrected chi connectivity index (χ0v) is 17.6. The number of rotatable bonds is 2. The molecule has 0 N–H and O–H groups in total. The minimum absolute atomic E-state index is 0.0316. The molecule has 0 fully saturated rings. The standard InChI is InChI=1S/C27H21Br/c1-27(2)25-12-4-3-11-23(25)24-14-13-21(17-26(24)27)19-8-5-7-18(15-19)20-9-6-10-22(28)16-20/h3-17H,1-2H3. The second-order valence-corrected chi connectivity index (χ2v) is 8.94. The number of hydrogen-bond donors (Lipinski definition) is 0. The van der Waals surface area contributed by atoms with Gasteiger partial charge in [-0.15, -0.1) is 0 Å². The van der Waals surface area contributed by atoms with Crippen LogP contribution in [0.25, 0.3) is 33.4 Å². The molecule has 1 aliphatic rings. The second kappa shape index (κ2) is 6.46. The fraction of sp³-hybridized carbons (Fsp3) is 0.111. The van der Waals surface area contributed by atoms with E-state index in [4.69, 9.17) is 0 Å². The molecule has 0 bridgehead atoms. The fourth-order valence-electron chi connectivity index (χ4n) is 4.43. The van der Waals surface area contributed by atoms with Crippen LogP contribution >= 0.6 is 15.9 Å². The van der Waals surface area contributed by atoms with Gasteiger partial charge in [0.15, 0.2) is 0 Å². The third-order valence-corrected chi connectivity index (χ3v) is 6.43. The molecule has 1 heteroatoms. The minimum atomic E-state index is 0.0316. The topological polar surface area (TPSA) is 0 Å². The first kappa shape index (κ1) is 17.5. The molecule has 0 heterocycles. The molecule has 136 valence electrons. The van der Waals surface area contributed by atoms with Crippen molar-refractivity contribution >= 4 is 15.9 Å². The Bertz CT molecular complexity index is 1200. The van der Waals surface area contributed by atoms with Crippen LogP contribution < -0.4 is 0 Å². The van der Waals surface area contributed by atoms with Crippen molar-refractivity contribution in [1.29, 1.82) is 0 Å². The van der Waals surface area contributed by atoms with E-state index in [-0.39, 0.29) is 5.41 Å². The van der Waals surface area contributed by atoms with Crippen LogP contribution in [0.4, 0.5) is 0 Å². The average molecular weight is 425 g/mol. The molecule has 1 aliphatic carbocycles. The van der Waals surface area contributed by atoms with Crippen LogP contribution in [-0.2, 0) is 5.41 Å². The molecule has 0 spiro atoms. The van der Waals surface area contributed by atoms with E-state index in [2.05, 4.69) is 121 Å². The van der Waals surface area contributed by atoms with Crippen LogP contribution in [-0.4, -0.2) is 0 Å². The van der Waals surface area contributed by atoms with Crippen LogP contribution in [0.3, 0.4) is 0 Å². The molecule has 0 aromatic heterocycles. The quantitative estimate of drug-likeness (QED) is 0.304. The highest BCUT2D eigenvalue weighted by molar-refractivity contribution is 9.10. The smallest absolute Gasteiger partial charge is 0.0181 e. The van der Waals surface area contributed by atoms with Gasteiger partial charge in [0.1, 0.15) is 0 Å². The number of benzene rings is 4. The van der Waals surface area contributed by atoms with E-state index in [1.165, 1.54) is 44.5 Å². The summed E-state index contributed by atoms with van der Waals surface area (Å²) in [5, 5.41) is 0. The summed E-state index contributed by atoms with van der Waals surface area (Å²) in [6.45, 7) is 4.67. The summed E-state index contributed by atoms with van der Waals surface area (Å²) < 4.78 is 1.10. The van der Waals surface area contributed by atoms with Crippen LogP contribution in [0.5, 0.6) is 0 Å². The van der Waals surface area contributed by atoms with Gasteiger partial charge in [-0.1, -0.05) is 96.5 Å². The van der Waals surface area contributed by atoms with E-state index in [9.17, 15) is 0 Å². The molecule has 0 saturated heterocycles.